The number of nitrogens with one attached hydrogen (secondary N) is 1. The monoisotopic (exact) mass is 292 g/mol. The zero-order valence-corrected chi connectivity index (χ0v) is 14.4. The lowest BCUT2D eigenvalue weighted by Gasteiger charge is -2.36. The second-order valence-corrected chi connectivity index (χ2v) is 8.66. The van der Waals surface area contributed by atoms with Gasteiger partial charge in [-0.3, -0.25) is 0 Å². The molecule has 1 saturated heterocycles. The van der Waals surface area contributed by atoms with Crippen molar-refractivity contribution in [1.29, 1.82) is 0 Å². The van der Waals surface area contributed by atoms with E-state index >= 15 is 0 Å². The van der Waals surface area contributed by atoms with Crippen LogP contribution in [0.2, 0.25) is 0 Å². The zero-order chi connectivity index (χ0) is 14.5. The molecule has 2 aliphatic carbocycles. The fraction of sp³-hybridized carbons (Fsp3) is 1.00. The fourth-order valence-corrected chi connectivity index (χ4v) is 5.49. The lowest BCUT2D eigenvalue weighted by molar-refractivity contribution is -0.910. The van der Waals surface area contributed by atoms with E-state index in [9.17, 15) is 0 Å². The quantitative estimate of drug-likeness (QED) is 0.796. The Morgan fingerprint density at radius 3 is 2.05 bits per heavy atom. The molecule has 3 fully saturated rings. The molecule has 0 bridgehead atoms. The first-order valence-electron chi connectivity index (χ1n) is 10.1. The van der Waals surface area contributed by atoms with E-state index in [0.29, 0.717) is 0 Å². The Labute approximate surface area is 132 Å². The van der Waals surface area contributed by atoms with Crippen molar-refractivity contribution in [3.05, 3.63) is 0 Å². The maximum Gasteiger partial charge on any atom is 0.0802 e. The molecule has 1 nitrogen and oxygen atoms in total. The van der Waals surface area contributed by atoms with Gasteiger partial charge in [0.05, 0.1) is 19.6 Å². The van der Waals surface area contributed by atoms with Gasteiger partial charge in [-0.25, -0.2) is 0 Å². The van der Waals surface area contributed by atoms with Gasteiger partial charge in [-0.05, 0) is 43.4 Å². The summed E-state index contributed by atoms with van der Waals surface area (Å²) < 4.78 is 0. The highest BCUT2D eigenvalue weighted by Crippen LogP contribution is 2.32. The standard InChI is InChI=1S/C20H37N/c1-17-7-5-6-10-20(17)16-21-13-11-19(12-14-21)15-18-8-3-2-4-9-18/h17-20H,2-16H2,1H3/p+1. The van der Waals surface area contributed by atoms with Crippen LogP contribution in [0.25, 0.3) is 0 Å². The first-order valence-corrected chi connectivity index (χ1v) is 10.1. The third kappa shape index (κ3) is 4.71. The highest BCUT2D eigenvalue weighted by Gasteiger charge is 2.29. The maximum atomic E-state index is 2.51. The van der Waals surface area contributed by atoms with Crippen LogP contribution in [-0.4, -0.2) is 19.6 Å². The van der Waals surface area contributed by atoms with E-state index in [1.165, 1.54) is 77.4 Å². The molecule has 3 rings (SSSR count). The molecule has 0 amide bonds. The summed E-state index contributed by atoms with van der Waals surface area (Å²) in [5.74, 6) is 4.24. The molecule has 2 atom stereocenters. The molecular formula is C20H38N+. The van der Waals surface area contributed by atoms with Crippen molar-refractivity contribution in [3.63, 3.8) is 0 Å². The van der Waals surface area contributed by atoms with E-state index in [1.54, 1.807) is 19.3 Å². The smallest absolute Gasteiger partial charge is 0.0802 e. The summed E-state index contributed by atoms with van der Waals surface area (Å²) in [5.41, 5.74) is 0. The highest BCUT2D eigenvalue weighted by molar-refractivity contribution is 4.74. The van der Waals surface area contributed by atoms with E-state index in [1.807, 2.05) is 4.90 Å². The Hall–Kier alpha value is -0.0400. The van der Waals surface area contributed by atoms with Crippen LogP contribution in [-0.2, 0) is 0 Å². The summed E-state index contributed by atoms with van der Waals surface area (Å²) in [4.78, 5) is 1.95. The van der Waals surface area contributed by atoms with Gasteiger partial charge in [-0.2, -0.15) is 0 Å². The molecule has 0 aromatic heterocycles. The minimum atomic E-state index is 1.01. The van der Waals surface area contributed by atoms with Crippen molar-refractivity contribution in [2.24, 2.45) is 23.7 Å². The first-order chi connectivity index (χ1) is 10.3. The van der Waals surface area contributed by atoms with Gasteiger partial charge in [-0.15, -0.1) is 0 Å². The minimum absolute atomic E-state index is 1.01. The predicted octanol–water partition coefficient (Wildman–Crippen LogP) is 4.08. The van der Waals surface area contributed by atoms with E-state index in [2.05, 4.69) is 6.92 Å². The third-order valence-corrected chi connectivity index (χ3v) is 7.04. The van der Waals surface area contributed by atoms with E-state index < -0.39 is 0 Å². The fourth-order valence-electron chi connectivity index (χ4n) is 5.49. The van der Waals surface area contributed by atoms with Gasteiger partial charge < -0.3 is 4.90 Å². The maximum absolute atomic E-state index is 2.51. The minimum Gasteiger partial charge on any atom is -0.335 e. The molecule has 0 aromatic carbocycles. The van der Waals surface area contributed by atoms with Crippen molar-refractivity contribution in [2.75, 3.05) is 19.6 Å². The number of rotatable bonds is 4. The SMILES string of the molecule is CC1CCCCC1C[NH+]1CCC(CC2CCCCC2)CC1. The first kappa shape index (κ1) is 15.8. The molecule has 1 heteroatoms. The summed E-state index contributed by atoms with van der Waals surface area (Å²) in [7, 11) is 0. The molecule has 0 spiro atoms. The van der Waals surface area contributed by atoms with Gasteiger partial charge in [0.2, 0.25) is 0 Å². The van der Waals surface area contributed by atoms with Crippen molar-refractivity contribution in [2.45, 2.75) is 84.0 Å². The van der Waals surface area contributed by atoms with Crippen LogP contribution in [0, 0.1) is 23.7 Å². The van der Waals surface area contributed by atoms with Crippen molar-refractivity contribution in [3.8, 4) is 0 Å². The lowest BCUT2D eigenvalue weighted by atomic mass is 9.78. The average molecular weight is 293 g/mol. The van der Waals surface area contributed by atoms with Crippen LogP contribution in [0.5, 0.6) is 0 Å². The third-order valence-electron chi connectivity index (χ3n) is 7.04. The van der Waals surface area contributed by atoms with E-state index in [-0.39, 0.29) is 0 Å². The number of hydrogen-bond donors (Lipinski definition) is 1. The molecule has 1 heterocycles. The number of quaternary nitrogens is 1. The second kappa shape index (κ2) is 7.99. The Balaban J connectivity index is 1.36. The molecule has 3 aliphatic rings. The number of likely N-dealkylation sites (tertiary alicyclic amines) is 1. The summed E-state index contributed by atoms with van der Waals surface area (Å²) in [6.07, 6.45) is 18.3. The molecular weight excluding hydrogens is 254 g/mol. The molecule has 1 aliphatic heterocycles. The van der Waals surface area contributed by atoms with Gasteiger partial charge in [0, 0.05) is 5.92 Å². The Bertz CT molecular complexity index is 286. The Morgan fingerprint density at radius 2 is 1.33 bits per heavy atom. The summed E-state index contributed by atoms with van der Waals surface area (Å²) in [6, 6.07) is 0. The molecule has 21 heavy (non-hydrogen) atoms. The average Bonchev–Trinajstić information content (AvgIpc) is 2.52. The van der Waals surface area contributed by atoms with Crippen LogP contribution in [0.4, 0.5) is 0 Å². The Kier molecular flexibility index (Phi) is 6.03. The summed E-state index contributed by atoms with van der Waals surface area (Å²) in [5, 5.41) is 0. The predicted molar refractivity (Wildman–Crippen MR) is 90.6 cm³/mol. The molecule has 1 N–H and O–H groups in total. The van der Waals surface area contributed by atoms with Gasteiger partial charge in [-0.1, -0.05) is 58.3 Å². The van der Waals surface area contributed by atoms with Crippen molar-refractivity contribution in [1.82, 2.24) is 0 Å². The molecule has 2 saturated carbocycles. The zero-order valence-electron chi connectivity index (χ0n) is 14.4. The topological polar surface area (TPSA) is 4.44 Å². The van der Waals surface area contributed by atoms with Crippen LogP contribution in [0.15, 0.2) is 0 Å². The largest absolute Gasteiger partial charge is 0.335 e. The number of piperidine rings is 1. The second-order valence-electron chi connectivity index (χ2n) is 8.66. The Morgan fingerprint density at radius 1 is 0.714 bits per heavy atom. The van der Waals surface area contributed by atoms with Gasteiger partial charge in [0.1, 0.15) is 0 Å². The van der Waals surface area contributed by atoms with Crippen LogP contribution < -0.4 is 4.90 Å². The highest BCUT2D eigenvalue weighted by atomic mass is 15.1. The molecule has 2 unspecified atom stereocenters. The molecule has 0 aromatic rings. The van der Waals surface area contributed by atoms with Crippen LogP contribution in [0.1, 0.15) is 84.0 Å². The molecule has 0 radical (unpaired) electrons. The van der Waals surface area contributed by atoms with Crippen molar-refractivity contribution < 1.29 is 4.90 Å². The van der Waals surface area contributed by atoms with Crippen LogP contribution >= 0.6 is 0 Å². The lowest BCUT2D eigenvalue weighted by Crippen LogP contribution is -3.13. The summed E-state index contributed by atoms with van der Waals surface area (Å²) >= 11 is 0. The normalized spacial score (nSPS) is 39.3. The van der Waals surface area contributed by atoms with Gasteiger partial charge in [0.15, 0.2) is 0 Å². The van der Waals surface area contributed by atoms with E-state index in [4.69, 9.17) is 0 Å². The molecule has 122 valence electrons. The van der Waals surface area contributed by atoms with E-state index in [0.717, 1.165) is 23.7 Å². The number of hydrogen-bond acceptors (Lipinski definition) is 0. The van der Waals surface area contributed by atoms with Gasteiger partial charge in [0.25, 0.3) is 0 Å². The summed E-state index contributed by atoms with van der Waals surface area (Å²) in [6.45, 7) is 6.98. The van der Waals surface area contributed by atoms with Crippen molar-refractivity contribution >= 4 is 0 Å². The van der Waals surface area contributed by atoms with Crippen LogP contribution in [0.3, 0.4) is 0 Å². The van der Waals surface area contributed by atoms with Gasteiger partial charge >= 0.3 is 0 Å².